The summed E-state index contributed by atoms with van der Waals surface area (Å²) in [4.78, 5) is 4.36. The molecule has 0 amide bonds. The highest BCUT2D eigenvalue weighted by molar-refractivity contribution is 5.28. The molecule has 0 N–H and O–H groups in total. The van der Waals surface area contributed by atoms with E-state index in [1.54, 1.807) is 0 Å². The van der Waals surface area contributed by atoms with E-state index in [0.29, 0.717) is 0 Å². The van der Waals surface area contributed by atoms with E-state index in [1.807, 2.05) is 6.20 Å². The van der Waals surface area contributed by atoms with Gasteiger partial charge in [0.1, 0.15) is 0 Å². The molecule has 1 heterocycles. The highest BCUT2D eigenvalue weighted by Gasteiger charge is 2.09. The third kappa shape index (κ3) is 1.28. The molecule has 0 aromatic carbocycles. The molecule has 0 atom stereocenters. The summed E-state index contributed by atoms with van der Waals surface area (Å²) in [5.74, 6) is 0. The molecule has 1 aliphatic rings. The molecular formula is C10H12N. The molecule has 1 aromatic rings. The van der Waals surface area contributed by atoms with Gasteiger partial charge in [0.2, 0.25) is 0 Å². The van der Waals surface area contributed by atoms with Gasteiger partial charge in [0, 0.05) is 11.9 Å². The van der Waals surface area contributed by atoms with Crippen LogP contribution in [0.1, 0.15) is 29.7 Å². The number of hydrogen-bond acceptors (Lipinski definition) is 1. The lowest BCUT2D eigenvalue weighted by atomic mass is 9.95. The van der Waals surface area contributed by atoms with Crippen LogP contribution < -0.4 is 0 Å². The van der Waals surface area contributed by atoms with Crippen molar-refractivity contribution in [3.05, 3.63) is 36.0 Å². The first-order chi connectivity index (χ1) is 5.36. The number of fused-ring (bicyclic) bond motifs is 1. The van der Waals surface area contributed by atoms with Gasteiger partial charge in [-0.05, 0) is 43.7 Å². The maximum atomic E-state index is 4.36. The predicted octanol–water partition coefficient (Wildman–Crippen LogP) is 2.14. The van der Waals surface area contributed by atoms with Crippen LogP contribution in [0.15, 0.2) is 12.3 Å². The normalized spacial score (nSPS) is 16.1. The Morgan fingerprint density at radius 1 is 1.27 bits per heavy atom. The van der Waals surface area contributed by atoms with Crippen molar-refractivity contribution in [1.29, 1.82) is 0 Å². The Kier molecular flexibility index (Phi) is 1.65. The van der Waals surface area contributed by atoms with E-state index >= 15 is 0 Å². The van der Waals surface area contributed by atoms with Crippen LogP contribution >= 0.6 is 0 Å². The lowest BCUT2D eigenvalue weighted by Gasteiger charge is -2.14. The molecule has 0 saturated carbocycles. The second kappa shape index (κ2) is 2.65. The second-order valence-electron chi connectivity index (χ2n) is 3.16. The molecule has 1 aromatic heterocycles. The maximum absolute atomic E-state index is 4.36. The average molecular weight is 146 g/mol. The number of aromatic nitrogens is 1. The fourth-order valence-electron chi connectivity index (χ4n) is 1.64. The summed E-state index contributed by atoms with van der Waals surface area (Å²) < 4.78 is 0. The zero-order valence-electron chi connectivity index (χ0n) is 6.64. The fraction of sp³-hybridized carbons (Fsp3) is 0.400. The summed E-state index contributed by atoms with van der Waals surface area (Å²) in [5.41, 5.74) is 3.76. The van der Waals surface area contributed by atoms with Gasteiger partial charge in [-0.15, -0.1) is 0 Å². The van der Waals surface area contributed by atoms with Crippen LogP contribution in [-0.2, 0) is 12.8 Å². The summed E-state index contributed by atoms with van der Waals surface area (Å²) in [7, 11) is 0. The summed E-state index contributed by atoms with van der Waals surface area (Å²) in [6, 6.07) is 2.17. The molecule has 11 heavy (non-hydrogen) atoms. The largest absolute Gasteiger partial charge is 0.261 e. The van der Waals surface area contributed by atoms with Gasteiger partial charge in [-0.2, -0.15) is 0 Å². The van der Waals surface area contributed by atoms with Gasteiger partial charge in [0.15, 0.2) is 0 Å². The minimum absolute atomic E-state index is 1.05. The number of nitrogens with zero attached hydrogens (tertiary/aromatic N) is 1. The van der Waals surface area contributed by atoms with Crippen molar-refractivity contribution in [3.8, 4) is 0 Å². The Bertz CT molecular complexity index is 266. The molecule has 0 bridgehead atoms. The Labute approximate surface area is 67.5 Å². The van der Waals surface area contributed by atoms with E-state index in [1.165, 1.54) is 30.5 Å². The molecule has 0 fully saturated rings. The maximum Gasteiger partial charge on any atom is 0.0435 e. The lowest BCUT2D eigenvalue weighted by Crippen LogP contribution is -2.04. The summed E-state index contributed by atoms with van der Waals surface area (Å²) in [5, 5.41) is 0. The Morgan fingerprint density at radius 2 is 2.09 bits per heavy atom. The van der Waals surface area contributed by atoms with Gasteiger partial charge in [-0.3, -0.25) is 4.98 Å². The Morgan fingerprint density at radius 3 is 3.00 bits per heavy atom. The van der Waals surface area contributed by atoms with Crippen LogP contribution in [0.5, 0.6) is 0 Å². The molecule has 1 heteroatoms. The predicted molar refractivity (Wildman–Crippen MR) is 45.3 cm³/mol. The molecule has 0 saturated heterocycles. The summed E-state index contributed by atoms with van der Waals surface area (Å²) in [6.07, 6.45) is 6.85. The number of aryl methyl sites for hydroxylation is 2. The number of hydrogen-bond donors (Lipinski definition) is 0. The molecule has 1 nitrogen and oxygen atoms in total. The van der Waals surface area contributed by atoms with E-state index in [2.05, 4.69) is 18.0 Å². The van der Waals surface area contributed by atoms with E-state index in [-0.39, 0.29) is 0 Å². The van der Waals surface area contributed by atoms with E-state index in [9.17, 15) is 0 Å². The topological polar surface area (TPSA) is 12.9 Å². The van der Waals surface area contributed by atoms with Crippen molar-refractivity contribution < 1.29 is 0 Å². The van der Waals surface area contributed by atoms with Gasteiger partial charge < -0.3 is 0 Å². The highest BCUT2D eigenvalue weighted by atomic mass is 14.7. The Hall–Kier alpha value is -0.850. The monoisotopic (exact) mass is 146 g/mol. The Balaban J connectivity index is 2.43. The van der Waals surface area contributed by atoms with E-state index in [0.717, 1.165) is 12.0 Å². The minimum Gasteiger partial charge on any atom is -0.261 e. The van der Waals surface area contributed by atoms with Gasteiger partial charge in [-0.1, -0.05) is 6.07 Å². The van der Waals surface area contributed by atoms with Crippen LogP contribution in [0.3, 0.4) is 0 Å². The summed E-state index contributed by atoms with van der Waals surface area (Å²) in [6.45, 7) is 3.87. The molecule has 1 aliphatic carbocycles. The highest BCUT2D eigenvalue weighted by Crippen LogP contribution is 2.19. The fourth-order valence-corrected chi connectivity index (χ4v) is 1.64. The SMILES string of the molecule is [CH2]c1cnc2c(c1)CCCC2. The number of pyridine rings is 1. The van der Waals surface area contributed by atoms with Crippen LogP contribution in [0.2, 0.25) is 0 Å². The molecule has 0 spiro atoms. The zero-order chi connectivity index (χ0) is 7.68. The summed E-state index contributed by atoms with van der Waals surface area (Å²) >= 11 is 0. The standard InChI is InChI=1S/C10H12N/c1-8-6-9-4-2-3-5-10(9)11-7-8/h6-7H,1-5H2. The zero-order valence-corrected chi connectivity index (χ0v) is 6.64. The van der Waals surface area contributed by atoms with Crippen molar-refractivity contribution >= 4 is 0 Å². The first kappa shape index (κ1) is 6.84. The van der Waals surface area contributed by atoms with Crippen LogP contribution in [-0.4, -0.2) is 4.98 Å². The molecule has 0 unspecified atom stereocenters. The smallest absolute Gasteiger partial charge is 0.0435 e. The quantitative estimate of drug-likeness (QED) is 0.546. The molecular weight excluding hydrogens is 134 g/mol. The second-order valence-corrected chi connectivity index (χ2v) is 3.16. The lowest BCUT2D eigenvalue weighted by molar-refractivity contribution is 0.667. The molecule has 0 aliphatic heterocycles. The van der Waals surface area contributed by atoms with Crippen molar-refractivity contribution in [2.75, 3.05) is 0 Å². The van der Waals surface area contributed by atoms with Crippen LogP contribution in [0.25, 0.3) is 0 Å². The van der Waals surface area contributed by atoms with Gasteiger partial charge in [-0.25, -0.2) is 0 Å². The van der Waals surface area contributed by atoms with Crippen LogP contribution in [0, 0.1) is 6.92 Å². The van der Waals surface area contributed by atoms with Gasteiger partial charge >= 0.3 is 0 Å². The first-order valence-electron chi connectivity index (χ1n) is 4.16. The van der Waals surface area contributed by atoms with Crippen molar-refractivity contribution in [1.82, 2.24) is 4.98 Å². The molecule has 2 rings (SSSR count). The molecule has 1 radical (unpaired) electrons. The van der Waals surface area contributed by atoms with Crippen molar-refractivity contribution in [2.24, 2.45) is 0 Å². The number of rotatable bonds is 0. The third-order valence-corrected chi connectivity index (χ3v) is 2.23. The van der Waals surface area contributed by atoms with Crippen LogP contribution in [0.4, 0.5) is 0 Å². The average Bonchev–Trinajstić information content (AvgIpc) is 2.04. The minimum atomic E-state index is 1.05. The molecule has 57 valence electrons. The third-order valence-electron chi connectivity index (χ3n) is 2.23. The van der Waals surface area contributed by atoms with Gasteiger partial charge in [0.05, 0.1) is 0 Å². The van der Waals surface area contributed by atoms with Crippen molar-refractivity contribution in [3.63, 3.8) is 0 Å². The van der Waals surface area contributed by atoms with Gasteiger partial charge in [0.25, 0.3) is 0 Å². The van der Waals surface area contributed by atoms with Crippen molar-refractivity contribution in [2.45, 2.75) is 25.7 Å². The van der Waals surface area contributed by atoms with E-state index < -0.39 is 0 Å². The van der Waals surface area contributed by atoms with E-state index in [4.69, 9.17) is 0 Å². The first-order valence-corrected chi connectivity index (χ1v) is 4.16.